The van der Waals surface area contributed by atoms with Gasteiger partial charge in [-0.15, -0.1) is 11.3 Å². The number of hydrogen-bond acceptors (Lipinski definition) is 5. The zero-order chi connectivity index (χ0) is 15.3. The summed E-state index contributed by atoms with van der Waals surface area (Å²) < 4.78 is 26.5. The van der Waals surface area contributed by atoms with Crippen molar-refractivity contribution in [3.05, 3.63) is 17.5 Å². The lowest BCUT2D eigenvalue weighted by Gasteiger charge is -2.28. The Morgan fingerprint density at radius 2 is 2.14 bits per heavy atom. The molecule has 118 valence electrons. The second-order valence-corrected chi connectivity index (χ2v) is 7.92. The first-order valence-corrected chi connectivity index (χ1v) is 9.40. The number of rotatable bonds is 6. The Bertz CT molecular complexity index is 551. The number of carbonyl (C=O) groups excluding carboxylic acids is 1. The van der Waals surface area contributed by atoms with Crippen molar-refractivity contribution < 1.29 is 13.2 Å². The molecule has 1 aliphatic rings. The Kier molecular flexibility index (Phi) is 5.74. The molecule has 0 unspecified atom stereocenters. The number of thiophene rings is 1. The van der Waals surface area contributed by atoms with E-state index in [2.05, 4.69) is 5.32 Å². The quantitative estimate of drug-likeness (QED) is 0.828. The molecule has 0 atom stereocenters. The van der Waals surface area contributed by atoms with Crippen LogP contribution in [-0.2, 0) is 14.8 Å². The highest BCUT2D eigenvalue weighted by Gasteiger charge is 2.25. The highest BCUT2D eigenvalue weighted by Crippen LogP contribution is 2.21. The van der Waals surface area contributed by atoms with E-state index in [1.807, 2.05) is 0 Å². The summed E-state index contributed by atoms with van der Waals surface area (Å²) in [6.45, 7) is 5.40. The summed E-state index contributed by atoms with van der Waals surface area (Å²) in [5.41, 5.74) is 0. The van der Waals surface area contributed by atoms with Gasteiger partial charge in [-0.25, -0.2) is 8.42 Å². The fourth-order valence-electron chi connectivity index (χ4n) is 2.28. The molecule has 0 aromatic carbocycles. The van der Waals surface area contributed by atoms with E-state index < -0.39 is 10.0 Å². The first-order chi connectivity index (χ1) is 10.1. The highest BCUT2D eigenvalue weighted by molar-refractivity contribution is 7.91. The van der Waals surface area contributed by atoms with Gasteiger partial charge in [-0.3, -0.25) is 4.79 Å². The molecule has 0 aliphatic carbocycles. The van der Waals surface area contributed by atoms with E-state index in [0.717, 1.165) is 13.1 Å². The van der Waals surface area contributed by atoms with Crippen LogP contribution in [0.3, 0.4) is 0 Å². The van der Waals surface area contributed by atoms with Gasteiger partial charge in [-0.2, -0.15) is 4.31 Å². The van der Waals surface area contributed by atoms with Crippen LogP contribution in [0.1, 0.15) is 13.3 Å². The van der Waals surface area contributed by atoms with E-state index in [1.54, 1.807) is 29.3 Å². The van der Waals surface area contributed by atoms with Gasteiger partial charge in [-0.1, -0.05) is 13.0 Å². The maximum absolute atomic E-state index is 12.4. The van der Waals surface area contributed by atoms with Crippen LogP contribution in [-0.4, -0.2) is 62.8 Å². The molecule has 8 heteroatoms. The summed E-state index contributed by atoms with van der Waals surface area (Å²) >= 11 is 1.20. The van der Waals surface area contributed by atoms with Crippen molar-refractivity contribution in [1.82, 2.24) is 14.5 Å². The Morgan fingerprint density at radius 1 is 1.43 bits per heavy atom. The van der Waals surface area contributed by atoms with Gasteiger partial charge in [0, 0.05) is 45.7 Å². The van der Waals surface area contributed by atoms with Gasteiger partial charge in [-0.05, 0) is 11.4 Å². The zero-order valence-electron chi connectivity index (χ0n) is 12.1. The van der Waals surface area contributed by atoms with E-state index in [4.69, 9.17) is 0 Å². The molecule has 0 bridgehead atoms. The molecule has 1 N–H and O–H groups in total. The monoisotopic (exact) mass is 331 g/mol. The lowest BCUT2D eigenvalue weighted by molar-refractivity contribution is -0.131. The molecule has 1 saturated heterocycles. The SMILES string of the molecule is CCN(CCC(=O)N1CCNCC1)S(=O)(=O)c1cccs1. The second kappa shape index (κ2) is 7.35. The Labute approximate surface area is 129 Å². The van der Waals surface area contributed by atoms with E-state index in [1.165, 1.54) is 15.6 Å². The van der Waals surface area contributed by atoms with Crippen molar-refractivity contribution in [1.29, 1.82) is 0 Å². The van der Waals surface area contributed by atoms with Crippen LogP contribution in [0, 0.1) is 0 Å². The molecule has 0 spiro atoms. The molecule has 1 aromatic rings. The number of nitrogens with zero attached hydrogens (tertiary/aromatic N) is 2. The second-order valence-electron chi connectivity index (χ2n) is 4.81. The third kappa shape index (κ3) is 4.03. The minimum Gasteiger partial charge on any atom is -0.340 e. The van der Waals surface area contributed by atoms with Crippen LogP contribution < -0.4 is 5.32 Å². The zero-order valence-corrected chi connectivity index (χ0v) is 13.8. The van der Waals surface area contributed by atoms with Crippen LogP contribution in [0.25, 0.3) is 0 Å². The first kappa shape index (κ1) is 16.4. The van der Waals surface area contributed by atoms with Crippen LogP contribution in [0.2, 0.25) is 0 Å². The highest BCUT2D eigenvalue weighted by atomic mass is 32.2. The van der Waals surface area contributed by atoms with Crippen molar-refractivity contribution in [3.8, 4) is 0 Å². The average Bonchev–Trinajstić information content (AvgIpc) is 3.03. The van der Waals surface area contributed by atoms with Crippen LogP contribution >= 0.6 is 11.3 Å². The predicted molar refractivity (Wildman–Crippen MR) is 82.8 cm³/mol. The average molecular weight is 331 g/mol. The minimum atomic E-state index is -3.47. The number of hydrogen-bond donors (Lipinski definition) is 1. The Hall–Kier alpha value is -0.960. The normalized spacial score (nSPS) is 16.4. The fraction of sp³-hybridized carbons (Fsp3) is 0.615. The van der Waals surface area contributed by atoms with Gasteiger partial charge < -0.3 is 10.2 Å². The maximum Gasteiger partial charge on any atom is 0.252 e. The molecular formula is C13H21N3O3S2. The van der Waals surface area contributed by atoms with Crippen molar-refractivity contribution in [2.24, 2.45) is 0 Å². The number of nitrogens with one attached hydrogen (secondary N) is 1. The number of carbonyl (C=O) groups is 1. The van der Waals surface area contributed by atoms with Crippen molar-refractivity contribution >= 4 is 27.3 Å². The molecule has 1 aromatic heterocycles. The Balaban J connectivity index is 1.95. The van der Waals surface area contributed by atoms with E-state index in [-0.39, 0.29) is 18.9 Å². The van der Waals surface area contributed by atoms with Crippen molar-refractivity contribution in [2.45, 2.75) is 17.6 Å². The minimum absolute atomic E-state index is 0.0244. The summed E-state index contributed by atoms with van der Waals surface area (Å²) in [5.74, 6) is 0.0244. The molecule has 0 saturated carbocycles. The van der Waals surface area contributed by atoms with Crippen LogP contribution in [0.15, 0.2) is 21.7 Å². The third-order valence-corrected chi connectivity index (χ3v) is 6.83. The third-order valence-electron chi connectivity index (χ3n) is 3.49. The van der Waals surface area contributed by atoms with Gasteiger partial charge in [0.2, 0.25) is 5.91 Å². The van der Waals surface area contributed by atoms with Crippen molar-refractivity contribution in [2.75, 3.05) is 39.3 Å². The smallest absolute Gasteiger partial charge is 0.252 e. The topological polar surface area (TPSA) is 69.7 Å². The van der Waals surface area contributed by atoms with Gasteiger partial charge >= 0.3 is 0 Å². The lowest BCUT2D eigenvalue weighted by Crippen LogP contribution is -2.47. The molecule has 1 fully saturated rings. The van der Waals surface area contributed by atoms with E-state index in [9.17, 15) is 13.2 Å². The molecule has 2 heterocycles. The van der Waals surface area contributed by atoms with Gasteiger partial charge in [0.1, 0.15) is 4.21 Å². The molecule has 1 aliphatic heterocycles. The summed E-state index contributed by atoms with van der Waals surface area (Å²) in [7, 11) is -3.47. The first-order valence-electron chi connectivity index (χ1n) is 7.08. The van der Waals surface area contributed by atoms with E-state index >= 15 is 0 Å². The summed E-state index contributed by atoms with van der Waals surface area (Å²) in [4.78, 5) is 13.9. The van der Waals surface area contributed by atoms with Gasteiger partial charge in [0.15, 0.2) is 0 Å². The maximum atomic E-state index is 12.4. The Morgan fingerprint density at radius 3 is 2.71 bits per heavy atom. The molecule has 2 rings (SSSR count). The summed E-state index contributed by atoms with van der Waals surface area (Å²) in [6, 6.07) is 3.32. The predicted octanol–water partition coefficient (Wildman–Crippen LogP) is 0.581. The van der Waals surface area contributed by atoms with E-state index in [0.29, 0.717) is 23.8 Å². The summed E-state index contributed by atoms with van der Waals surface area (Å²) in [5, 5.41) is 4.93. The van der Waals surface area contributed by atoms with Gasteiger partial charge in [0.25, 0.3) is 10.0 Å². The molecule has 0 radical (unpaired) electrons. The number of piperazine rings is 1. The molecule has 21 heavy (non-hydrogen) atoms. The van der Waals surface area contributed by atoms with Crippen molar-refractivity contribution in [3.63, 3.8) is 0 Å². The fourth-order valence-corrected chi connectivity index (χ4v) is 4.87. The summed E-state index contributed by atoms with van der Waals surface area (Å²) in [6.07, 6.45) is 0.235. The van der Waals surface area contributed by atoms with Crippen LogP contribution in [0.5, 0.6) is 0 Å². The lowest BCUT2D eigenvalue weighted by atomic mass is 10.3. The molecule has 1 amide bonds. The molecular weight excluding hydrogens is 310 g/mol. The van der Waals surface area contributed by atoms with Gasteiger partial charge in [0.05, 0.1) is 0 Å². The molecule has 6 nitrogen and oxygen atoms in total. The van der Waals surface area contributed by atoms with Crippen LogP contribution in [0.4, 0.5) is 0 Å². The largest absolute Gasteiger partial charge is 0.340 e. The standard InChI is InChI=1S/C13H21N3O3S2/c1-2-16(21(18,19)13-4-3-11-20-13)8-5-12(17)15-9-6-14-7-10-15/h3-4,11,14H,2,5-10H2,1H3. The number of amides is 1. The number of sulfonamides is 1.